The quantitative estimate of drug-likeness (QED) is 0.764. The predicted molar refractivity (Wildman–Crippen MR) is 99.1 cm³/mol. The maximum absolute atomic E-state index is 12.3. The number of hydrogen-bond donors (Lipinski definition) is 2. The van der Waals surface area contributed by atoms with Crippen molar-refractivity contribution >= 4 is 24.0 Å². The molecule has 5 nitrogen and oxygen atoms in total. The topological polar surface area (TPSA) is 71.1 Å². The van der Waals surface area contributed by atoms with Crippen molar-refractivity contribution in [1.29, 1.82) is 0 Å². The standard InChI is InChI=1S/C20H21N3O2/c1-2-12-22-20(25)18(14-17-9-6-13-21-15-17)23-19(24)11-10-16-7-4-3-5-8-16/h3-11,13-15H,2,12H2,1H3,(H,22,25)(H,23,24)/b11-10-,18-14-. The van der Waals surface area contributed by atoms with Gasteiger partial charge >= 0.3 is 0 Å². The molecule has 0 aliphatic carbocycles. The first-order valence-electron chi connectivity index (χ1n) is 8.13. The summed E-state index contributed by atoms with van der Waals surface area (Å²) in [5.41, 5.74) is 1.83. The Morgan fingerprint density at radius 2 is 1.84 bits per heavy atom. The lowest BCUT2D eigenvalue weighted by molar-refractivity contribution is -0.121. The third-order valence-corrected chi connectivity index (χ3v) is 3.26. The lowest BCUT2D eigenvalue weighted by Crippen LogP contribution is -2.34. The molecule has 25 heavy (non-hydrogen) atoms. The number of amides is 2. The van der Waals surface area contributed by atoms with Crippen LogP contribution >= 0.6 is 0 Å². The zero-order valence-corrected chi connectivity index (χ0v) is 14.1. The second-order valence-corrected chi connectivity index (χ2v) is 5.33. The maximum Gasteiger partial charge on any atom is 0.267 e. The summed E-state index contributed by atoms with van der Waals surface area (Å²) in [6, 6.07) is 13.1. The van der Waals surface area contributed by atoms with E-state index in [4.69, 9.17) is 0 Å². The molecular weight excluding hydrogens is 314 g/mol. The zero-order valence-electron chi connectivity index (χ0n) is 14.1. The van der Waals surface area contributed by atoms with Crippen molar-refractivity contribution in [1.82, 2.24) is 15.6 Å². The monoisotopic (exact) mass is 335 g/mol. The molecule has 0 fully saturated rings. The first-order valence-corrected chi connectivity index (χ1v) is 8.13. The van der Waals surface area contributed by atoms with Crippen molar-refractivity contribution in [2.24, 2.45) is 0 Å². The average molecular weight is 335 g/mol. The van der Waals surface area contributed by atoms with E-state index in [2.05, 4.69) is 15.6 Å². The van der Waals surface area contributed by atoms with Crippen molar-refractivity contribution < 1.29 is 9.59 Å². The number of nitrogens with one attached hydrogen (secondary N) is 2. The Morgan fingerprint density at radius 3 is 2.52 bits per heavy atom. The van der Waals surface area contributed by atoms with E-state index in [-0.39, 0.29) is 17.5 Å². The van der Waals surface area contributed by atoms with E-state index in [1.165, 1.54) is 6.08 Å². The van der Waals surface area contributed by atoms with Gasteiger partial charge in [-0.15, -0.1) is 0 Å². The number of nitrogens with zero attached hydrogens (tertiary/aromatic N) is 1. The molecule has 0 aliphatic rings. The number of benzene rings is 1. The molecule has 0 saturated carbocycles. The van der Waals surface area contributed by atoms with Gasteiger partial charge in [-0.25, -0.2) is 0 Å². The lowest BCUT2D eigenvalue weighted by Gasteiger charge is -2.09. The highest BCUT2D eigenvalue weighted by atomic mass is 16.2. The minimum absolute atomic E-state index is 0.184. The second-order valence-electron chi connectivity index (χ2n) is 5.33. The summed E-state index contributed by atoms with van der Waals surface area (Å²) in [7, 11) is 0. The number of carbonyl (C=O) groups excluding carboxylic acids is 2. The van der Waals surface area contributed by atoms with E-state index in [0.717, 1.165) is 17.5 Å². The van der Waals surface area contributed by atoms with Crippen molar-refractivity contribution in [2.75, 3.05) is 6.54 Å². The molecule has 0 aliphatic heterocycles. The molecule has 128 valence electrons. The van der Waals surface area contributed by atoms with Gasteiger partial charge in [-0.3, -0.25) is 14.6 Å². The Kier molecular flexibility index (Phi) is 7.13. The fourth-order valence-electron chi connectivity index (χ4n) is 2.03. The molecule has 2 amide bonds. The number of pyridine rings is 1. The minimum Gasteiger partial charge on any atom is -0.351 e. The fourth-order valence-corrected chi connectivity index (χ4v) is 2.03. The van der Waals surface area contributed by atoms with Crippen molar-refractivity contribution in [3.8, 4) is 0 Å². The van der Waals surface area contributed by atoms with Gasteiger partial charge in [0.2, 0.25) is 5.91 Å². The first kappa shape index (κ1) is 18.1. The van der Waals surface area contributed by atoms with Gasteiger partial charge in [0.15, 0.2) is 0 Å². The summed E-state index contributed by atoms with van der Waals surface area (Å²) >= 11 is 0. The number of aromatic nitrogens is 1. The van der Waals surface area contributed by atoms with Gasteiger partial charge in [-0.05, 0) is 35.8 Å². The molecule has 0 bridgehead atoms. The van der Waals surface area contributed by atoms with E-state index in [1.807, 2.05) is 43.3 Å². The summed E-state index contributed by atoms with van der Waals surface area (Å²) in [4.78, 5) is 28.4. The molecular formula is C20H21N3O2. The van der Waals surface area contributed by atoms with Crippen molar-refractivity contribution in [2.45, 2.75) is 13.3 Å². The van der Waals surface area contributed by atoms with Gasteiger partial charge in [0, 0.05) is 25.0 Å². The van der Waals surface area contributed by atoms with Crippen LogP contribution in [-0.4, -0.2) is 23.3 Å². The number of hydrogen-bond acceptors (Lipinski definition) is 3. The van der Waals surface area contributed by atoms with Crippen LogP contribution in [0.2, 0.25) is 0 Å². The molecule has 5 heteroatoms. The smallest absolute Gasteiger partial charge is 0.267 e. The largest absolute Gasteiger partial charge is 0.351 e. The molecule has 0 atom stereocenters. The third kappa shape index (κ3) is 6.43. The van der Waals surface area contributed by atoms with Crippen LogP contribution in [0.3, 0.4) is 0 Å². The van der Waals surface area contributed by atoms with Gasteiger partial charge in [0.1, 0.15) is 5.70 Å². The van der Waals surface area contributed by atoms with Crippen LogP contribution in [0.4, 0.5) is 0 Å². The Balaban J connectivity index is 2.12. The Bertz CT molecular complexity index is 753. The third-order valence-electron chi connectivity index (χ3n) is 3.26. The zero-order chi connectivity index (χ0) is 17.9. The predicted octanol–water partition coefficient (Wildman–Crippen LogP) is 2.78. The minimum atomic E-state index is -0.370. The van der Waals surface area contributed by atoms with Crippen LogP contribution in [-0.2, 0) is 9.59 Å². The van der Waals surface area contributed by atoms with Crippen LogP contribution in [0.1, 0.15) is 24.5 Å². The molecule has 2 aromatic rings. The molecule has 1 aromatic carbocycles. The van der Waals surface area contributed by atoms with Crippen LogP contribution < -0.4 is 10.6 Å². The molecule has 1 heterocycles. The molecule has 0 unspecified atom stereocenters. The Morgan fingerprint density at radius 1 is 1.08 bits per heavy atom. The van der Waals surface area contributed by atoms with E-state index >= 15 is 0 Å². The lowest BCUT2D eigenvalue weighted by atomic mass is 10.2. The normalized spacial score (nSPS) is 11.3. The number of carbonyl (C=O) groups is 2. The average Bonchev–Trinajstić information content (AvgIpc) is 2.65. The van der Waals surface area contributed by atoms with E-state index in [9.17, 15) is 9.59 Å². The molecule has 0 radical (unpaired) electrons. The van der Waals surface area contributed by atoms with Crippen LogP contribution in [0.5, 0.6) is 0 Å². The van der Waals surface area contributed by atoms with Crippen molar-refractivity contribution in [3.63, 3.8) is 0 Å². The molecule has 2 rings (SSSR count). The molecule has 0 spiro atoms. The highest BCUT2D eigenvalue weighted by Crippen LogP contribution is 2.05. The summed E-state index contributed by atoms with van der Waals surface area (Å²) in [5, 5.41) is 5.41. The summed E-state index contributed by atoms with van der Waals surface area (Å²) < 4.78 is 0. The highest BCUT2D eigenvalue weighted by Gasteiger charge is 2.11. The van der Waals surface area contributed by atoms with Gasteiger partial charge in [0.25, 0.3) is 5.91 Å². The van der Waals surface area contributed by atoms with Gasteiger partial charge in [0.05, 0.1) is 0 Å². The van der Waals surface area contributed by atoms with Crippen LogP contribution in [0.15, 0.2) is 66.6 Å². The van der Waals surface area contributed by atoms with Gasteiger partial charge in [-0.2, -0.15) is 0 Å². The maximum atomic E-state index is 12.3. The van der Waals surface area contributed by atoms with E-state index in [0.29, 0.717) is 6.54 Å². The summed E-state index contributed by atoms with van der Waals surface area (Å²) in [6.45, 7) is 2.50. The Hall–Kier alpha value is -3.21. The fraction of sp³-hybridized carbons (Fsp3) is 0.150. The first-order chi connectivity index (χ1) is 12.2. The van der Waals surface area contributed by atoms with E-state index < -0.39 is 0 Å². The van der Waals surface area contributed by atoms with Gasteiger partial charge in [-0.1, -0.05) is 43.3 Å². The summed E-state index contributed by atoms with van der Waals surface area (Å²) in [5.74, 6) is -0.696. The van der Waals surface area contributed by atoms with Crippen molar-refractivity contribution in [3.05, 3.63) is 77.8 Å². The second kappa shape index (κ2) is 9.82. The molecule has 0 saturated heterocycles. The number of rotatable bonds is 7. The van der Waals surface area contributed by atoms with E-state index in [1.54, 1.807) is 30.6 Å². The molecule has 1 aromatic heterocycles. The van der Waals surface area contributed by atoms with Crippen LogP contribution in [0, 0.1) is 0 Å². The summed E-state index contributed by atoms with van der Waals surface area (Å²) in [6.07, 6.45) is 8.79. The molecule has 2 N–H and O–H groups in total. The SMILES string of the molecule is CCCNC(=O)/C(=C/c1cccnc1)NC(=O)/C=C\c1ccccc1. The van der Waals surface area contributed by atoms with Gasteiger partial charge < -0.3 is 10.6 Å². The van der Waals surface area contributed by atoms with Crippen LogP contribution in [0.25, 0.3) is 12.2 Å². The highest BCUT2D eigenvalue weighted by molar-refractivity contribution is 6.04. The Labute approximate surface area is 147 Å².